The summed E-state index contributed by atoms with van der Waals surface area (Å²) in [5.74, 6) is 0.821. The summed E-state index contributed by atoms with van der Waals surface area (Å²) >= 11 is 1.28. The molecule has 0 spiro atoms. The summed E-state index contributed by atoms with van der Waals surface area (Å²) in [7, 11) is -0.638. The lowest BCUT2D eigenvalue weighted by atomic mass is 10.0. The number of piperidine rings is 1. The first-order chi connectivity index (χ1) is 15.9. The van der Waals surface area contributed by atoms with Crippen molar-refractivity contribution in [2.75, 3.05) is 26.1 Å². The van der Waals surface area contributed by atoms with Crippen LogP contribution in [0.4, 0.5) is 5.13 Å². The molecule has 1 saturated heterocycles. The van der Waals surface area contributed by atoms with Crippen LogP contribution < -0.4 is 14.8 Å². The SMILES string of the molecule is COc1ccc(-c2csc(NC(=O)[C@H]3CCCCN3S(=O)(=O)c3ccccc3)n2)cc1OC. The fourth-order valence-electron chi connectivity index (χ4n) is 3.83. The molecule has 0 unspecified atom stereocenters. The molecule has 174 valence electrons. The van der Waals surface area contributed by atoms with E-state index in [0.29, 0.717) is 35.3 Å². The number of nitrogens with one attached hydrogen (secondary N) is 1. The third-order valence-corrected chi connectivity index (χ3v) is 8.20. The number of benzene rings is 2. The quantitative estimate of drug-likeness (QED) is 0.541. The molecule has 1 N–H and O–H groups in total. The molecular weight excluding hydrogens is 462 g/mol. The molecule has 0 radical (unpaired) electrons. The zero-order valence-corrected chi connectivity index (χ0v) is 20.0. The normalized spacial score (nSPS) is 16.8. The minimum absolute atomic E-state index is 0.190. The highest BCUT2D eigenvalue weighted by molar-refractivity contribution is 7.89. The van der Waals surface area contributed by atoms with E-state index in [9.17, 15) is 13.2 Å². The molecule has 1 atom stereocenters. The molecule has 0 bridgehead atoms. The minimum atomic E-state index is -3.77. The van der Waals surface area contributed by atoms with E-state index >= 15 is 0 Å². The van der Waals surface area contributed by atoms with E-state index in [1.165, 1.54) is 15.6 Å². The Morgan fingerprint density at radius 2 is 1.85 bits per heavy atom. The van der Waals surface area contributed by atoms with Gasteiger partial charge in [-0.2, -0.15) is 4.31 Å². The average Bonchev–Trinajstić information content (AvgIpc) is 3.32. The maximum Gasteiger partial charge on any atom is 0.244 e. The van der Waals surface area contributed by atoms with Gasteiger partial charge in [0, 0.05) is 17.5 Å². The molecule has 0 aliphatic carbocycles. The Hall–Kier alpha value is -2.95. The number of carbonyl (C=O) groups is 1. The first-order valence-electron chi connectivity index (χ1n) is 10.5. The number of rotatable bonds is 7. The van der Waals surface area contributed by atoms with Crippen molar-refractivity contribution >= 4 is 32.4 Å². The van der Waals surface area contributed by atoms with Crippen LogP contribution in [0.5, 0.6) is 11.5 Å². The third-order valence-electron chi connectivity index (χ3n) is 5.52. The predicted octanol–water partition coefficient (Wildman–Crippen LogP) is 4.01. The molecule has 4 rings (SSSR count). The van der Waals surface area contributed by atoms with Gasteiger partial charge in [0.2, 0.25) is 15.9 Å². The lowest BCUT2D eigenvalue weighted by molar-refractivity contribution is -0.120. The highest BCUT2D eigenvalue weighted by Gasteiger charge is 2.37. The Labute approximate surface area is 197 Å². The van der Waals surface area contributed by atoms with Gasteiger partial charge < -0.3 is 14.8 Å². The zero-order valence-electron chi connectivity index (χ0n) is 18.4. The number of aromatic nitrogens is 1. The second-order valence-corrected chi connectivity index (χ2v) is 10.3. The van der Waals surface area contributed by atoms with E-state index in [4.69, 9.17) is 9.47 Å². The summed E-state index contributed by atoms with van der Waals surface area (Å²) in [5.41, 5.74) is 1.49. The van der Waals surface area contributed by atoms with Crippen LogP contribution in [0.15, 0.2) is 58.8 Å². The fraction of sp³-hybridized carbons (Fsp3) is 0.304. The lowest BCUT2D eigenvalue weighted by Gasteiger charge is -2.33. The number of carbonyl (C=O) groups excluding carboxylic acids is 1. The van der Waals surface area contributed by atoms with Crippen molar-refractivity contribution in [1.82, 2.24) is 9.29 Å². The topological polar surface area (TPSA) is 97.8 Å². The molecule has 33 heavy (non-hydrogen) atoms. The second-order valence-electron chi connectivity index (χ2n) is 7.54. The van der Waals surface area contributed by atoms with Crippen molar-refractivity contribution in [3.05, 3.63) is 53.9 Å². The van der Waals surface area contributed by atoms with Crippen molar-refractivity contribution in [2.45, 2.75) is 30.2 Å². The van der Waals surface area contributed by atoms with Gasteiger partial charge in [-0.05, 0) is 43.2 Å². The first kappa shape index (κ1) is 23.2. The van der Waals surface area contributed by atoms with Crippen molar-refractivity contribution in [2.24, 2.45) is 0 Å². The maximum absolute atomic E-state index is 13.2. The van der Waals surface area contributed by atoms with Gasteiger partial charge in [0.15, 0.2) is 16.6 Å². The number of sulfonamides is 1. The number of nitrogens with zero attached hydrogens (tertiary/aromatic N) is 2. The second kappa shape index (κ2) is 9.90. The Bertz CT molecular complexity index is 1230. The number of anilines is 1. The van der Waals surface area contributed by atoms with Gasteiger partial charge >= 0.3 is 0 Å². The summed E-state index contributed by atoms with van der Waals surface area (Å²) in [4.78, 5) is 17.8. The van der Waals surface area contributed by atoms with E-state index in [1.807, 2.05) is 17.5 Å². The molecule has 1 aliphatic heterocycles. The maximum atomic E-state index is 13.2. The van der Waals surface area contributed by atoms with E-state index in [-0.39, 0.29) is 10.8 Å². The predicted molar refractivity (Wildman–Crippen MR) is 127 cm³/mol. The van der Waals surface area contributed by atoms with Crippen LogP contribution >= 0.6 is 11.3 Å². The molecular formula is C23H25N3O5S2. The Kier molecular flexibility index (Phi) is 6.96. The van der Waals surface area contributed by atoms with E-state index < -0.39 is 16.1 Å². The van der Waals surface area contributed by atoms with Gasteiger partial charge in [0.05, 0.1) is 24.8 Å². The largest absolute Gasteiger partial charge is 0.493 e. The van der Waals surface area contributed by atoms with Crippen molar-refractivity contribution in [3.8, 4) is 22.8 Å². The molecule has 10 heteroatoms. The highest BCUT2D eigenvalue weighted by Crippen LogP contribution is 2.34. The van der Waals surface area contributed by atoms with Gasteiger partial charge in [0.1, 0.15) is 6.04 Å². The van der Waals surface area contributed by atoms with E-state index in [0.717, 1.165) is 18.4 Å². The molecule has 1 aromatic heterocycles. The highest BCUT2D eigenvalue weighted by atomic mass is 32.2. The number of hydrogen-bond donors (Lipinski definition) is 1. The number of methoxy groups -OCH3 is 2. The summed E-state index contributed by atoms with van der Waals surface area (Å²) in [6.07, 6.45) is 1.97. The Balaban J connectivity index is 1.53. The van der Waals surface area contributed by atoms with Crippen LogP contribution in [-0.4, -0.2) is 50.4 Å². The van der Waals surface area contributed by atoms with Crippen molar-refractivity contribution in [1.29, 1.82) is 0 Å². The van der Waals surface area contributed by atoms with Gasteiger partial charge in [-0.1, -0.05) is 24.6 Å². The van der Waals surface area contributed by atoms with Crippen molar-refractivity contribution < 1.29 is 22.7 Å². The molecule has 1 aliphatic rings. The first-order valence-corrected chi connectivity index (χ1v) is 12.8. The number of hydrogen-bond acceptors (Lipinski definition) is 7. The molecule has 2 heterocycles. The zero-order chi connectivity index (χ0) is 23.4. The van der Waals surface area contributed by atoms with Crippen LogP contribution in [0.2, 0.25) is 0 Å². The number of thiazole rings is 1. The molecule has 0 saturated carbocycles. The molecule has 8 nitrogen and oxygen atoms in total. The number of amides is 1. The smallest absolute Gasteiger partial charge is 0.244 e. The van der Waals surface area contributed by atoms with Crippen LogP contribution in [0.3, 0.4) is 0 Å². The summed E-state index contributed by atoms with van der Waals surface area (Å²) in [6.45, 7) is 0.310. The van der Waals surface area contributed by atoms with Gasteiger partial charge in [0.25, 0.3) is 0 Å². The summed E-state index contributed by atoms with van der Waals surface area (Å²) in [6, 6.07) is 12.9. The molecule has 3 aromatic rings. The fourth-order valence-corrected chi connectivity index (χ4v) is 6.23. The van der Waals surface area contributed by atoms with Gasteiger partial charge in [-0.3, -0.25) is 4.79 Å². The average molecular weight is 488 g/mol. The van der Waals surface area contributed by atoms with E-state index in [1.54, 1.807) is 50.6 Å². The Morgan fingerprint density at radius 1 is 1.09 bits per heavy atom. The minimum Gasteiger partial charge on any atom is -0.493 e. The third kappa shape index (κ3) is 4.87. The van der Waals surface area contributed by atoms with Crippen LogP contribution in [0.25, 0.3) is 11.3 Å². The lowest BCUT2D eigenvalue weighted by Crippen LogP contribution is -2.49. The standard InChI is InChI=1S/C23H25N3O5S2/c1-30-20-12-11-16(14-21(20)31-2)18-15-32-23(24-18)25-22(27)19-10-6-7-13-26(19)33(28,29)17-8-4-3-5-9-17/h3-5,8-9,11-12,14-15,19H,6-7,10,13H2,1-2H3,(H,24,25,27)/t19-/m1/s1. The molecule has 1 fully saturated rings. The van der Waals surface area contributed by atoms with Gasteiger partial charge in [-0.15, -0.1) is 11.3 Å². The van der Waals surface area contributed by atoms with Crippen molar-refractivity contribution in [3.63, 3.8) is 0 Å². The molecule has 1 amide bonds. The molecule has 2 aromatic carbocycles. The Morgan fingerprint density at radius 3 is 2.58 bits per heavy atom. The van der Waals surface area contributed by atoms with Gasteiger partial charge in [-0.25, -0.2) is 13.4 Å². The van der Waals surface area contributed by atoms with Crippen LogP contribution in [0.1, 0.15) is 19.3 Å². The summed E-state index contributed by atoms with van der Waals surface area (Å²) < 4.78 is 38.3. The van der Waals surface area contributed by atoms with Crippen LogP contribution in [-0.2, 0) is 14.8 Å². The van der Waals surface area contributed by atoms with E-state index in [2.05, 4.69) is 10.3 Å². The summed E-state index contributed by atoms with van der Waals surface area (Å²) in [5, 5.41) is 5.05. The monoisotopic (exact) mass is 487 g/mol. The van der Waals surface area contributed by atoms with Crippen LogP contribution in [0, 0.1) is 0 Å². The number of ether oxygens (including phenoxy) is 2.